The number of aromatic nitrogens is 1. The third-order valence-corrected chi connectivity index (χ3v) is 4.88. The minimum Gasteiger partial charge on any atom is -0.618 e. The average Bonchev–Trinajstić information content (AvgIpc) is 2.36. The van der Waals surface area contributed by atoms with Crippen LogP contribution in [0.5, 0.6) is 0 Å². The van der Waals surface area contributed by atoms with Crippen molar-refractivity contribution >= 4 is 21.4 Å². The largest absolute Gasteiger partial charge is 0.618 e. The number of halogens is 1. The van der Waals surface area contributed by atoms with Crippen molar-refractivity contribution in [2.24, 2.45) is 0 Å². The molecule has 0 spiro atoms. The van der Waals surface area contributed by atoms with Crippen LogP contribution in [0.15, 0.2) is 41.6 Å². The van der Waals surface area contributed by atoms with Gasteiger partial charge in [0.25, 0.3) is 0 Å². The fraction of sp³-hybridized carbons (Fsp3) is 0.214. The first-order valence-corrected chi connectivity index (χ1v) is 8.00. The van der Waals surface area contributed by atoms with Gasteiger partial charge in [-0.1, -0.05) is 35.4 Å². The third kappa shape index (κ3) is 3.11. The Morgan fingerprint density at radius 1 is 1.20 bits per heavy atom. The van der Waals surface area contributed by atoms with Gasteiger partial charge in [0.2, 0.25) is 9.84 Å². The second-order valence-electron chi connectivity index (χ2n) is 4.70. The van der Waals surface area contributed by atoms with E-state index in [1.54, 1.807) is 0 Å². The lowest BCUT2D eigenvalue weighted by molar-refractivity contribution is -0.646. The zero-order chi connectivity index (χ0) is 14.9. The molecule has 0 amide bonds. The molecular formula is C14H14ClNO3S. The maximum atomic E-state index is 12.4. The molecule has 1 aromatic carbocycles. The number of benzene rings is 1. The predicted molar refractivity (Wildman–Crippen MR) is 77.2 cm³/mol. The van der Waals surface area contributed by atoms with Gasteiger partial charge in [0, 0.05) is 12.1 Å². The molecule has 0 aliphatic carbocycles. The maximum absolute atomic E-state index is 12.4. The Kier molecular flexibility index (Phi) is 4.01. The molecule has 0 fully saturated rings. The van der Waals surface area contributed by atoms with Crippen LogP contribution in [0.2, 0.25) is 5.02 Å². The van der Waals surface area contributed by atoms with Gasteiger partial charge in [0.15, 0.2) is 6.20 Å². The zero-order valence-electron chi connectivity index (χ0n) is 11.1. The van der Waals surface area contributed by atoms with Gasteiger partial charge in [-0.15, -0.1) is 0 Å². The first-order chi connectivity index (χ1) is 9.29. The lowest BCUT2D eigenvalue weighted by Gasteiger charge is -2.09. The summed E-state index contributed by atoms with van der Waals surface area (Å²) in [5.74, 6) is -0.219. The Bertz CT molecular complexity index is 757. The van der Waals surface area contributed by atoms with E-state index in [9.17, 15) is 13.6 Å². The van der Waals surface area contributed by atoms with Gasteiger partial charge < -0.3 is 5.21 Å². The zero-order valence-corrected chi connectivity index (χ0v) is 12.7. The summed E-state index contributed by atoms with van der Waals surface area (Å²) in [7, 11) is -3.74. The van der Waals surface area contributed by atoms with Crippen molar-refractivity contribution in [2.45, 2.75) is 24.6 Å². The first kappa shape index (κ1) is 14.8. The molecule has 1 aromatic heterocycles. The number of sulfone groups is 1. The van der Waals surface area contributed by atoms with E-state index in [0.29, 0.717) is 10.3 Å². The number of nitrogens with zero attached hydrogens (tertiary/aromatic N) is 1. The number of hydrogen-bond donors (Lipinski definition) is 0. The minimum atomic E-state index is -3.74. The Labute approximate surface area is 123 Å². The Morgan fingerprint density at radius 2 is 1.90 bits per heavy atom. The normalized spacial score (nSPS) is 11.6. The Morgan fingerprint density at radius 3 is 2.60 bits per heavy atom. The van der Waals surface area contributed by atoms with Crippen molar-refractivity contribution in [1.82, 2.24) is 0 Å². The molecule has 106 valence electrons. The summed E-state index contributed by atoms with van der Waals surface area (Å²) in [5.41, 5.74) is 2.53. The van der Waals surface area contributed by atoms with Crippen LogP contribution in [0, 0.1) is 19.1 Å². The van der Waals surface area contributed by atoms with Gasteiger partial charge in [0.05, 0.1) is 10.8 Å². The van der Waals surface area contributed by atoms with Gasteiger partial charge in [-0.05, 0) is 25.0 Å². The summed E-state index contributed by atoms with van der Waals surface area (Å²) in [5, 5.41) is 11.5. The maximum Gasteiger partial charge on any atom is 0.310 e. The van der Waals surface area contributed by atoms with Crippen molar-refractivity contribution < 1.29 is 13.1 Å². The number of pyridine rings is 1. The molecule has 0 aliphatic rings. The van der Waals surface area contributed by atoms with E-state index in [1.165, 1.54) is 12.1 Å². The van der Waals surface area contributed by atoms with Gasteiger partial charge in [0.1, 0.15) is 0 Å². The van der Waals surface area contributed by atoms with Crippen LogP contribution in [0.25, 0.3) is 0 Å². The van der Waals surface area contributed by atoms with Gasteiger partial charge in [-0.25, -0.2) is 8.42 Å². The quantitative estimate of drug-likeness (QED) is 0.646. The van der Waals surface area contributed by atoms with Gasteiger partial charge >= 0.3 is 5.03 Å². The second kappa shape index (κ2) is 5.42. The Balaban J connectivity index is 2.46. The summed E-state index contributed by atoms with van der Waals surface area (Å²) >= 11 is 5.77. The number of aryl methyl sites for hydroxylation is 2. The molecule has 0 unspecified atom stereocenters. The lowest BCUT2D eigenvalue weighted by Crippen LogP contribution is -2.33. The first-order valence-electron chi connectivity index (χ1n) is 5.97. The molecule has 1 heterocycles. The molecular weight excluding hydrogens is 298 g/mol. The molecule has 0 saturated heterocycles. The van der Waals surface area contributed by atoms with E-state index in [0.717, 1.165) is 17.3 Å². The topological polar surface area (TPSA) is 61.1 Å². The van der Waals surface area contributed by atoms with E-state index in [1.807, 2.05) is 32.0 Å². The number of rotatable bonds is 3. The fourth-order valence-electron chi connectivity index (χ4n) is 1.90. The van der Waals surface area contributed by atoms with Gasteiger partial charge in [-0.3, -0.25) is 0 Å². The van der Waals surface area contributed by atoms with Gasteiger partial charge in [-0.2, -0.15) is 4.73 Å². The van der Waals surface area contributed by atoms with Crippen LogP contribution in [0.3, 0.4) is 0 Å². The lowest BCUT2D eigenvalue weighted by atomic mass is 10.1. The molecule has 0 bridgehead atoms. The van der Waals surface area contributed by atoms with Crippen LogP contribution >= 0.6 is 11.6 Å². The summed E-state index contributed by atoms with van der Waals surface area (Å²) in [4.78, 5) is 0. The predicted octanol–water partition coefficient (Wildman–Crippen LogP) is 2.56. The molecule has 4 nitrogen and oxygen atoms in total. The molecule has 0 N–H and O–H groups in total. The third-order valence-electron chi connectivity index (χ3n) is 3.02. The summed E-state index contributed by atoms with van der Waals surface area (Å²) in [6.45, 7) is 3.73. The molecule has 2 aromatic rings. The highest BCUT2D eigenvalue weighted by molar-refractivity contribution is 7.90. The van der Waals surface area contributed by atoms with Crippen molar-refractivity contribution in [1.29, 1.82) is 0 Å². The van der Waals surface area contributed by atoms with Crippen LogP contribution in [0.4, 0.5) is 0 Å². The molecule has 2 rings (SSSR count). The summed E-state index contributed by atoms with van der Waals surface area (Å²) in [6.07, 6.45) is 1.10. The molecule has 0 atom stereocenters. The highest BCUT2D eigenvalue weighted by Crippen LogP contribution is 2.19. The monoisotopic (exact) mass is 311 g/mol. The SMILES string of the molecule is Cc1ccc(C)c(CS(=O)(=O)c2cc(Cl)cc[n+]2[O-])c1. The van der Waals surface area contributed by atoms with E-state index in [2.05, 4.69) is 0 Å². The highest BCUT2D eigenvalue weighted by atomic mass is 35.5. The molecule has 6 heteroatoms. The van der Waals surface area contributed by atoms with Crippen LogP contribution in [0.1, 0.15) is 16.7 Å². The van der Waals surface area contributed by atoms with Crippen molar-refractivity contribution in [2.75, 3.05) is 0 Å². The van der Waals surface area contributed by atoms with E-state index in [-0.39, 0.29) is 15.8 Å². The average molecular weight is 312 g/mol. The van der Waals surface area contributed by atoms with E-state index >= 15 is 0 Å². The molecule has 0 saturated carbocycles. The van der Waals surface area contributed by atoms with E-state index in [4.69, 9.17) is 11.6 Å². The van der Waals surface area contributed by atoms with Crippen molar-refractivity contribution in [3.63, 3.8) is 0 Å². The van der Waals surface area contributed by atoms with Crippen molar-refractivity contribution in [3.05, 3.63) is 63.4 Å². The molecule has 0 aliphatic heterocycles. The van der Waals surface area contributed by atoms with Crippen LogP contribution in [-0.2, 0) is 15.6 Å². The van der Waals surface area contributed by atoms with E-state index < -0.39 is 9.84 Å². The second-order valence-corrected chi connectivity index (χ2v) is 7.07. The minimum absolute atomic E-state index is 0.219. The van der Waals surface area contributed by atoms with Crippen LogP contribution in [-0.4, -0.2) is 8.42 Å². The number of hydrogen-bond acceptors (Lipinski definition) is 3. The Hall–Kier alpha value is -1.59. The van der Waals surface area contributed by atoms with Crippen molar-refractivity contribution in [3.8, 4) is 0 Å². The standard InChI is InChI=1S/C14H14ClNO3S/c1-10-3-4-11(2)12(7-10)9-20(18,19)14-8-13(15)5-6-16(14)17/h3-8H,9H2,1-2H3. The fourth-order valence-corrected chi connectivity index (χ4v) is 3.64. The highest BCUT2D eigenvalue weighted by Gasteiger charge is 2.25. The summed E-state index contributed by atoms with van der Waals surface area (Å²) < 4.78 is 25.0. The smallest absolute Gasteiger partial charge is 0.310 e. The van der Waals surface area contributed by atoms with Crippen LogP contribution < -0.4 is 4.73 Å². The molecule has 20 heavy (non-hydrogen) atoms. The summed E-state index contributed by atoms with van der Waals surface area (Å²) in [6, 6.07) is 8.12. The molecule has 0 radical (unpaired) electrons.